The Morgan fingerprint density at radius 1 is 0.846 bits per heavy atom. The first-order valence-electron chi connectivity index (χ1n) is 9.27. The molecule has 0 saturated heterocycles. The van der Waals surface area contributed by atoms with Crippen molar-refractivity contribution in [2.75, 3.05) is 6.54 Å². The van der Waals surface area contributed by atoms with Crippen LogP contribution >= 0.6 is 0 Å². The lowest BCUT2D eigenvalue weighted by Crippen LogP contribution is -3.00. The molecule has 0 unspecified atom stereocenters. The Morgan fingerprint density at radius 2 is 1.54 bits per heavy atom. The molecule has 134 valence electrons. The first-order valence-corrected chi connectivity index (χ1v) is 9.27. The molecule has 0 aromatic heterocycles. The standard InChI is InChI=1S/C24H26N.BrH/c1-18-24(2,3)23-21-14-8-7-13-20(21)15-16-22(23)25(18)17-9-12-19-10-5-4-6-11-19;/h4-8,10-11,13-16H,9,12,17H2,1-3H3;1H/q+1;/p-1. The van der Waals surface area contributed by atoms with E-state index in [0.717, 1.165) is 13.0 Å². The Labute approximate surface area is 167 Å². The van der Waals surface area contributed by atoms with Gasteiger partial charge >= 0.3 is 0 Å². The summed E-state index contributed by atoms with van der Waals surface area (Å²) >= 11 is 0. The van der Waals surface area contributed by atoms with Crippen LogP contribution in [0.1, 0.15) is 38.3 Å². The molecule has 0 N–H and O–H groups in total. The molecule has 1 aliphatic rings. The minimum atomic E-state index is 0. The van der Waals surface area contributed by atoms with Gasteiger partial charge in [0.25, 0.3) is 0 Å². The zero-order valence-corrected chi connectivity index (χ0v) is 17.4. The van der Waals surface area contributed by atoms with Gasteiger partial charge in [0.2, 0.25) is 5.69 Å². The van der Waals surface area contributed by atoms with Crippen molar-refractivity contribution in [1.82, 2.24) is 0 Å². The highest BCUT2D eigenvalue weighted by Gasteiger charge is 2.43. The number of halogens is 1. The molecule has 1 heterocycles. The molecule has 3 aromatic rings. The van der Waals surface area contributed by atoms with E-state index in [1.165, 1.54) is 39.7 Å². The van der Waals surface area contributed by atoms with Gasteiger partial charge in [0.15, 0.2) is 5.71 Å². The quantitative estimate of drug-likeness (QED) is 0.585. The fourth-order valence-corrected chi connectivity index (χ4v) is 4.21. The Balaban J connectivity index is 0.00000196. The maximum Gasteiger partial charge on any atom is 0.210 e. The fourth-order valence-electron chi connectivity index (χ4n) is 4.21. The molecule has 0 aliphatic carbocycles. The van der Waals surface area contributed by atoms with E-state index < -0.39 is 0 Å². The molecule has 0 fully saturated rings. The molecule has 0 radical (unpaired) electrons. The Morgan fingerprint density at radius 3 is 2.31 bits per heavy atom. The summed E-state index contributed by atoms with van der Waals surface area (Å²) in [6.45, 7) is 8.11. The fraction of sp³-hybridized carbons (Fsp3) is 0.292. The van der Waals surface area contributed by atoms with Crippen molar-refractivity contribution in [1.29, 1.82) is 0 Å². The normalized spacial score (nSPS) is 15.0. The topological polar surface area (TPSA) is 3.01 Å². The second-order valence-corrected chi connectivity index (χ2v) is 7.63. The number of fused-ring (bicyclic) bond motifs is 3. The molecule has 1 aliphatic heterocycles. The van der Waals surface area contributed by atoms with Gasteiger partial charge in [-0.1, -0.05) is 54.6 Å². The zero-order valence-electron chi connectivity index (χ0n) is 15.8. The van der Waals surface area contributed by atoms with E-state index >= 15 is 0 Å². The summed E-state index contributed by atoms with van der Waals surface area (Å²) in [4.78, 5) is 0. The van der Waals surface area contributed by atoms with Crippen LogP contribution in [0.15, 0.2) is 66.7 Å². The van der Waals surface area contributed by atoms with E-state index in [1.807, 2.05) is 0 Å². The van der Waals surface area contributed by atoms with Crippen LogP contribution in [0, 0.1) is 0 Å². The lowest BCUT2D eigenvalue weighted by atomic mass is 9.80. The van der Waals surface area contributed by atoms with Crippen molar-refractivity contribution >= 4 is 22.2 Å². The molecule has 3 aromatic carbocycles. The van der Waals surface area contributed by atoms with Gasteiger partial charge in [-0.15, -0.1) is 0 Å². The van der Waals surface area contributed by atoms with Crippen LogP contribution in [-0.4, -0.2) is 16.8 Å². The van der Waals surface area contributed by atoms with Crippen molar-refractivity contribution < 1.29 is 21.6 Å². The molecule has 0 saturated carbocycles. The van der Waals surface area contributed by atoms with Crippen LogP contribution in [0.5, 0.6) is 0 Å². The van der Waals surface area contributed by atoms with E-state index in [4.69, 9.17) is 0 Å². The summed E-state index contributed by atoms with van der Waals surface area (Å²) in [7, 11) is 0. The molecule has 0 atom stereocenters. The summed E-state index contributed by atoms with van der Waals surface area (Å²) in [5, 5.41) is 2.74. The Kier molecular flexibility index (Phi) is 5.34. The predicted octanol–water partition coefficient (Wildman–Crippen LogP) is 2.87. The number of hydrogen-bond donors (Lipinski definition) is 0. The van der Waals surface area contributed by atoms with Gasteiger partial charge in [-0.3, -0.25) is 0 Å². The van der Waals surface area contributed by atoms with Crippen LogP contribution in [-0.2, 0) is 11.8 Å². The maximum absolute atomic E-state index is 2.55. The van der Waals surface area contributed by atoms with Crippen molar-refractivity contribution in [2.45, 2.75) is 39.0 Å². The van der Waals surface area contributed by atoms with Gasteiger partial charge in [-0.05, 0) is 42.7 Å². The molecule has 26 heavy (non-hydrogen) atoms. The number of hydrogen-bond acceptors (Lipinski definition) is 0. The summed E-state index contributed by atoms with van der Waals surface area (Å²) in [5.41, 5.74) is 5.87. The van der Waals surface area contributed by atoms with Crippen LogP contribution in [0.25, 0.3) is 10.8 Å². The second kappa shape index (κ2) is 7.36. The first-order chi connectivity index (χ1) is 12.1. The lowest BCUT2D eigenvalue weighted by Gasteiger charge is -2.17. The van der Waals surface area contributed by atoms with Crippen molar-refractivity contribution in [3.63, 3.8) is 0 Å². The van der Waals surface area contributed by atoms with Crippen LogP contribution in [0.3, 0.4) is 0 Å². The SMILES string of the molecule is CC1=[N+](CCCc2ccccc2)c2ccc3ccccc3c2C1(C)C.[Br-]. The van der Waals surface area contributed by atoms with E-state index in [0.29, 0.717) is 0 Å². The van der Waals surface area contributed by atoms with Crippen molar-refractivity contribution in [3.05, 3.63) is 77.9 Å². The third kappa shape index (κ3) is 3.12. The molecular weight excluding hydrogens is 382 g/mol. The Hall–Kier alpha value is -1.93. The minimum Gasteiger partial charge on any atom is -1.00 e. The average Bonchev–Trinajstić information content (AvgIpc) is 2.83. The molecule has 1 nitrogen and oxygen atoms in total. The van der Waals surface area contributed by atoms with Gasteiger partial charge in [0.1, 0.15) is 6.54 Å². The highest BCUT2D eigenvalue weighted by molar-refractivity contribution is 6.01. The zero-order chi connectivity index (χ0) is 17.4. The predicted molar refractivity (Wildman–Crippen MR) is 107 cm³/mol. The minimum absolute atomic E-state index is 0. The van der Waals surface area contributed by atoms with Crippen LogP contribution < -0.4 is 17.0 Å². The summed E-state index contributed by atoms with van der Waals surface area (Å²) < 4.78 is 2.55. The van der Waals surface area contributed by atoms with Gasteiger partial charge in [-0.25, -0.2) is 0 Å². The van der Waals surface area contributed by atoms with Gasteiger partial charge in [0.05, 0.1) is 5.41 Å². The average molecular weight is 408 g/mol. The van der Waals surface area contributed by atoms with E-state index in [2.05, 4.69) is 92.1 Å². The number of aryl methyl sites for hydroxylation is 1. The van der Waals surface area contributed by atoms with E-state index in [-0.39, 0.29) is 22.4 Å². The van der Waals surface area contributed by atoms with E-state index in [1.54, 1.807) is 0 Å². The van der Waals surface area contributed by atoms with Gasteiger partial charge in [0, 0.05) is 25.0 Å². The maximum atomic E-state index is 2.55. The van der Waals surface area contributed by atoms with Crippen molar-refractivity contribution in [2.24, 2.45) is 0 Å². The lowest BCUT2D eigenvalue weighted by molar-refractivity contribution is -0.439. The molecule has 2 heteroatoms. The largest absolute Gasteiger partial charge is 1.00 e. The summed E-state index contributed by atoms with van der Waals surface area (Å²) in [5.74, 6) is 0. The van der Waals surface area contributed by atoms with E-state index in [9.17, 15) is 0 Å². The number of benzene rings is 3. The number of rotatable bonds is 4. The first kappa shape index (κ1) is 18.8. The van der Waals surface area contributed by atoms with Crippen molar-refractivity contribution in [3.8, 4) is 0 Å². The molecule has 0 spiro atoms. The highest BCUT2D eigenvalue weighted by atomic mass is 79.9. The molecule has 0 amide bonds. The number of nitrogens with zero attached hydrogens (tertiary/aromatic N) is 1. The third-order valence-corrected chi connectivity index (χ3v) is 5.82. The monoisotopic (exact) mass is 407 g/mol. The Bertz CT molecular complexity index is 954. The molecule has 0 bridgehead atoms. The summed E-state index contributed by atoms with van der Waals surface area (Å²) in [6.07, 6.45) is 2.30. The highest BCUT2D eigenvalue weighted by Crippen LogP contribution is 2.43. The molecular formula is C24H26BrN. The third-order valence-electron chi connectivity index (χ3n) is 5.82. The van der Waals surface area contributed by atoms with Crippen LogP contribution in [0.4, 0.5) is 5.69 Å². The van der Waals surface area contributed by atoms with Gasteiger partial charge < -0.3 is 17.0 Å². The van der Waals surface area contributed by atoms with Crippen LogP contribution in [0.2, 0.25) is 0 Å². The molecule has 4 rings (SSSR count). The second-order valence-electron chi connectivity index (χ2n) is 7.63. The van der Waals surface area contributed by atoms with Gasteiger partial charge in [-0.2, -0.15) is 4.58 Å². The smallest absolute Gasteiger partial charge is 0.210 e. The summed E-state index contributed by atoms with van der Waals surface area (Å²) in [6, 6.07) is 24.2.